The molecule has 1 aliphatic rings. The van der Waals surface area contributed by atoms with Crippen LogP contribution in [-0.4, -0.2) is 29.9 Å². The number of benzene rings is 2. The monoisotopic (exact) mass is 348 g/mol. The van der Waals surface area contributed by atoms with Crippen molar-refractivity contribution in [1.29, 1.82) is 5.26 Å². The molecule has 1 aliphatic heterocycles. The van der Waals surface area contributed by atoms with Gasteiger partial charge < -0.3 is 10.6 Å². The minimum absolute atomic E-state index is 0.0572. The Labute approximate surface area is 154 Å². The Morgan fingerprint density at radius 2 is 1.85 bits per heavy atom. The largest absolute Gasteiger partial charge is 0.382 e. The number of carbonyl (C=O) groups excluding carboxylic acids is 1. The van der Waals surface area contributed by atoms with Crippen LogP contribution in [0.1, 0.15) is 30.9 Å². The van der Waals surface area contributed by atoms with Gasteiger partial charge in [-0.3, -0.25) is 9.69 Å². The number of carbonyl (C=O) groups is 1. The highest BCUT2D eigenvalue weighted by molar-refractivity contribution is 5.89. The maximum Gasteiger partial charge on any atom is 0.221 e. The van der Waals surface area contributed by atoms with Crippen molar-refractivity contribution in [2.24, 2.45) is 0 Å². The molecule has 134 valence electrons. The van der Waals surface area contributed by atoms with E-state index in [1.54, 1.807) is 0 Å². The second kappa shape index (κ2) is 8.50. The lowest BCUT2D eigenvalue weighted by Gasteiger charge is -2.33. The minimum Gasteiger partial charge on any atom is -0.382 e. The van der Waals surface area contributed by atoms with Gasteiger partial charge in [-0.25, -0.2) is 0 Å². The molecular formula is C21H24N4O. The molecule has 0 bridgehead atoms. The Kier molecular flexibility index (Phi) is 5.88. The third-order valence-corrected chi connectivity index (χ3v) is 4.63. The van der Waals surface area contributed by atoms with Gasteiger partial charge in [-0.15, -0.1) is 0 Å². The van der Waals surface area contributed by atoms with Crippen LogP contribution in [0, 0.1) is 11.3 Å². The van der Waals surface area contributed by atoms with Gasteiger partial charge in [0.2, 0.25) is 5.91 Å². The lowest BCUT2D eigenvalue weighted by molar-refractivity contribution is -0.114. The van der Waals surface area contributed by atoms with Gasteiger partial charge in [0.25, 0.3) is 0 Å². The molecule has 0 unspecified atom stereocenters. The molecule has 2 aromatic rings. The number of nitrogens with one attached hydrogen (secondary N) is 2. The van der Waals surface area contributed by atoms with Crippen LogP contribution in [0.3, 0.4) is 0 Å². The number of hydrogen-bond donors (Lipinski definition) is 2. The number of likely N-dealkylation sites (tertiary alicyclic amines) is 1. The molecular weight excluding hydrogens is 324 g/mol. The average Bonchev–Trinajstić information content (AvgIpc) is 2.64. The summed E-state index contributed by atoms with van der Waals surface area (Å²) in [7, 11) is 0. The summed E-state index contributed by atoms with van der Waals surface area (Å²) in [6, 6.07) is 18.3. The molecule has 2 aromatic carbocycles. The third kappa shape index (κ3) is 5.08. The number of hydrogen-bond acceptors (Lipinski definition) is 4. The van der Waals surface area contributed by atoms with Gasteiger partial charge in [-0.2, -0.15) is 5.26 Å². The number of piperidine rings is 1. The number of amides is 1. The van der Waals surface area contributed by atoms with Crippen LogP contribution in [0.4, 0.5) is 11.4 Å². The number of nitrogens with zero attached hydrogens (tertiary/aromatic N) is 2. The van der Waals surface area contributed by atoms with Gasteiger partial charge in [-0.05, 0) is 48.7 Å². The van der Waals surface area contributed by atoms with Crippen molar-refractivity contribution in [2.45, 2.75) is 32.4 Å². The van der Waals surface area contributed by atoms with E-state index in [4.69, 9.17) is 5.26 Å². The summed E-state index contributed by atoms with van der Waals surface area (Å²) in [4.78, 5) is 13.6. The maximum absolute atomic E-state index is 11.2. The molecule has 0 aliphatic carbocycles. The van der Waals surface area contributed by atoms with E-state index in [2.05, 4.69) is 21.6 Å². The molecule has 1 amide bonds. The topological polar surface area (TPSA) is 68.2 Å². The lowest BCUT2D eigenvalue weighted by Crippen LogP contribution is -2.38. The van der Waals surface area contributed by atoms with Crippen LogP contribution in [0.15, 0.2) is 48.5 Å². The number of nitriles is 1. The Morgan fingerprint density at radius 3 is 2.50 bits per heavy atom. The lowest BCUT2D eigenvalue weighted by atomic mass is 10.0. The molecule has 5 nitrogen and oxygen atoms in total. The van der Waals surface area contributed by atoms with Crippen molar-refractivity contribution in [3.8, 4) is 6.07 Å². The Balaban J connectivity index is 1.49. The van der Waals surface area contributed by atoms with Gasteiger partial charge in [0.15, 0.2) is 0 Å². The van der Waals surface area contributed by atoms with Gasteiger partial charge >= 0.3 is 0 Å². The molecule has 1 heterocycles. The Bertz CT molecular complexity index is 786. The highest BCUT2D eigenvalue weighted by Gasteiger charge is 2.19. The summed E-state index contributed by atoms with van der Waals surface area (Å²) in [6.07, 6.45) is 2.17. The summed E-state index contributed by atoms with van der Waals surface area (Å²) in [5.41, 5.74) is 3.82. The van der Waals surface area contributed by atoms with Crippen LogP contribution >= 0.6 is 0 Å². The van der Waals surface area contributed by atoms with Crippen molar-refractivity contribution < 1.29 is 4.79 Å². The van der Waals surface area contributed by atoms with E-state index in [-0.39, 0.29) is 5.91 Å². The smallest absolute Gasteiger partial charge is 0.221 e. The molecule has 0 saturated carbocycles. The second-order valence-electron chi connectivity index (χ2n) is 6.77. The average molecular weight is 348 g/mol. The van der Waals surface area contributed by atoms with E-state index in [1.807, 2.05) is 48.5 Å². The van der Waals surface area contributed by atoms with Crippen LogP contribution in [-0.2, 0) is 11.3 Å². The van der Waals surface area contributed by atoms with Crippen LogP contribution in [0.2, 0.25) is 0 Å². The summed E-state index contributed by atoms with van der Waals surface area (Å²) in [6.45, 7) is 4.53. The van der Waals surface area contributed by atoms with Crippen LogP contribution in [0.25, 0.3) is 0 Å². The summed E-state index contributed by atoms with van der Waals surface area (Å²) in [5.74, 6) is -0.0572. The molecule has 2 N–H and O–H groups in total. The highest BCUT2D eigenvalue weighted by Crippen LogP contribution is 2.21. The number of rotatable bonds is 5. The Hall–Kier alpha value is -2.84. The highest BCUT2D eigenvalue weighted by atomic mass is 16.1. The standard InChI is InChI=1S/C21H24N4O/c1-16(26)23-20-3-2-4-21(13-20)24-19-9-11-25(12-10-19)15-18-7-5-17(14-22)6-8-18/h2-8,13,19,24H,9-12,15H2,1H3,(H,23,26). The van der Waals surface area contributed by atoms with E-state index in [9.17, 15) is 4.79 Å². The first-order valence-corrected chi connectivity index (χ1v) is 8.98. The van der Waals surface area contributed by atoms with Crippen molar-refractivity contribution in [2.75, 3.05) is 23.7 Å². The first-order valence-electron chi connectivity index (χ1n) is 8.98. The number of anilines is 2. The fourth-order valence-corrected chi connectivity index (χ4v) is 3.30. The van der Waals surface area contributed by atoms with Gasteiger partial charge in [-0.1, -0.05) is 18.2 Å². The fourth-order valence-electron chi connectivity index (χ4n) is 3.30. The molecule has 0 aromatic heterocycles. The SMILES string of the molecule is CC(=O)Nc1cccc(NC2CCN(Cc3ccc(C#N)cc3)CC2)c1. The van der Waals surface area contributed by atoms with E-state index in [0.29, 0.717) is 11.6 Å². The minimum atomic E-state index is -0.0572. The molecule has 5 heteroatoms. The van der Waals surface area contributed by atoms with E-state index >= 15 is 0 Å². The second-order valence-corrected chi connectivity index (χ2v) is 6.77. The van der Waals surface area contributed by atoms with E-state index in [0.717, 1.165) is 43.9 Å². The van der Waals surface area contributed by atoms with Crippen molar-refractivity contribution in [1.82, 2.24) is 4.90 Å². The molecule has 0 atom stereocenters. The molecule has 0 radical (unpaired) electrons. The van der Waals surface area contributed by atoms with Gasteiger partial charge in [0, 0.05) is 44.0 Å². The quantitative estimate of drug-likeness (QED) is 0.866. The molecule has 26 heavy (non-hydrogen) atoms. The van der Waals surface area contributed by atoms with Gasteiger partial charge in [0.05, 0.1) is 11.6 Å². The fraction of sp³-hybridized carbons (Fsp3) is 0.333. The van der Waals surface area contributed by atoms with Crippen molar-refractivity contribution in [3.05, 3.63) is 59.7 Å². The Morgan fingerprint density at radius 1 is 1.15 bits per heavy atom. The molecule has 0 spiro atoms. The normalized spacial score (nSPS) is 15.2. The predicted molar refractivity (Wildman–Crippen MR) is 104 cm³/mol. The van der Waals surface area contributed by atoms with E-state index in [1.165, 1.54) is 12.5 Å². The summed E-state index contributed by atoms with van der Waals surface area (Å²) < 4.78 is 0. The van der Waals surface area contributed by atoms with Gasteiger partial charge in [0.1, 0.15) is 0 Å². The zero-order valence-electron chi connectivity index (χ0n) is 15.0. The zero-order chi connectivity index (χ0) is 18.4. The molecule has 1 saturated heterocycles. The van der Waals surface area contributed by atoms with E-state index < -0.39 is 0 Å². The third-order valence-electron chi connectivity index (χ3n) is 4.63. The predicted octanol–water partition coefficient (Wildman–Crippen LogP) is 3.59. The first kappa shape index (κ1) is 18.0. The van der Waals surface area contributed by atoms with Crippen LogP contribution in [0.5, 0.6) is 0 Å². The van der Waals surface area contributed by atoms with Crippen molar-refractivity contribution in [3.63, 3.8) is 0 Å². The molecule has 3 rings (SSSR count). The summed E-state index contributed by atoms with van der Waals surface area (Å²) in [5, 5.41) is 15.3. The van der Waals surface area contributed by atoms with Crippen molar-refractivity contribution >= 4 is 17.3 Å². The zero-order valence-corrected chi connectivity index (χ0v) is 15.0. The van der Waals surface area contributed by atoms with Crippen LogP contribution < -0.4 is 10.6 Å². The molecule has 1 fully saturated rings. The maximum atomic E-state index is 11.2. The summed E-state index contributed by atoms with van der Waals surface area (Å²) >= 11 is 0. The first-order chi connectivity index (χ1) is 12.6.